The van der Waals surface area contributed by atoms with E-state index >= 15 is 0 Å². The minimum atomic E-state index is -0.441. The quantitative estimate of drug-likeness (QED) is 0.911. The lowest BCUT2D eigenvalue weighted by molar-refractivity contribution is -0.131. The summed E-state index contributed by atoms with van der Waals surface area (Å²) in [6.07, 6.45) is 1.95. The summed E-state index contributed by atoms with van der Waals surface area (Å²) >= 11 is 7.32. The maximum Gasteiger partial charge on any atom is 0.250 e. The van der Waals surface area contributed by atoms with E-state index in [4.69, 9.17) is 11.6 Å². The van der Waals surface area contributed by atoms with Gasteiger partial charge >= 0.3 is 0 Å². The molecule has 2 aliphatic rings. The third kappa shape index (κ3) is 2.08. The Morgan fingerprint density at radius 1 is 1.29 bits per heavy atom. The monoisotopic (exact) mass is 322 g/mol. The van der Waals surface area contributed by atoms with Gasteiger partial charge in [-0.1, -0.05) is 11.6 Å². The van der Waals surface area contributed by atoms with E-state index in [2.05, 4.69) is 14.1 Å². The molecule has 0 bridgehead atoms. The number of carbonyl (C=O) groups is 2. The van der Waals surface area contributed by atoms with Gasteiger partial charge in [-0.3, -0.25) is 14.5 Å². The van der Waals surface area contributed by atoms with Crippen LogP contribution in [0.1, 0.15) is 12.8 Å². The molecule has 1 saturated heterocycles. The fourth-order valence-electron chi connectivity index (χ4n) is 2.68. The van der Waals surface area contributed by atoms with E-state index in [0.29, 0.717) is 21.7 Å². The average Bonchev–Trinajstić information content (AvgIpc) is 3.19. The lowest BCUT2D eigenvalue weighted by Gasteiger charge is -2.33. The molecule has 1 N–H and O–H groups in total. The van der Waals surface area contributed by atoms with E-state index in [0.717, 1.165) is 24.6 Å². The average molecular weight is 323 g/mol. The molecule has 1 aliphatic carbocycles. The summed E-state index contributed by atoms with van der Waals surface area (Å²) in [6.45, 7) is -0.0294. The molecule has 2 amide bonds. The third-order valence-electron chi connectivity index (χ3n) is 3.87. The molecule has 0 spiro atoms. The zero-order valence-electron chi connectivity index (χ0n) is 10.9. The molecule has 0 radical (unpaired) electrons. The Hall–Kier alpha value is -1.73. The number of fused-ring (bicyclic) bond motifs is 1. The van der Waals surface area contributed by atoms with Crippen molar-refractivity contribution >= 4 is 51.9 Å². The van der Waals surface area contributed by atoms with E-state index in [-0.39, 0.29) is 24.3 Å². The SMILES string of the molecule is O=C1CN(c2c(Cl)ccc3nsnc23)C(=O)C(C2CC2)N1. The number of rotatable bonds is 2. The molecule has 1 aromatic carbocycles. The molecule has 6 nitrogen and oxygen atoms in total. The summed E-state index contributed by atoms with van der Waals surface area (Å²) in [5.74, 6) is -0.0296. The van der Waals surface area contributed by atoms with Crippen LogP contribution in [0.5, 0.6) is 0 Å². The molecule has 1 aromatic heterocycles. The van der Waals surface area contributed by atoms with E-state index in [1.807, 2.05) is 0 Å². The topological polar surface area (TPSA) is 75.2 Å². The molecule has 2 heterocycles. The fraction of sp³-hybridized carbons (Fsp3) is 0.385. The van der Waals surface area contributed by atoms with E-state index in [1.54, 1.807) is 12.1 Å². The Morgan fingerprint density at radius 2 is 2.10 bits per heavy atom. The summed E-state index contributed by atoms with van der Waals surface area (Å²) in [5, 5.41) is 3.19. The lowest BCUT2D eigenvalue weighted by Crippen LogP contribution is -2.59. The fourth-order valence-corrected chi connectivity index (χ4v) is 3.47. The van der Waals surface area contributed by atoms with Crippen LogP contribution < -0.4 is 10.2 Å². The Bertz CT molecular complexity index is 758. The van der Waals surface area contributed by atoms with E-state index < -0.39 is 6.04 Å². The van der Waals surface area contributed by atoms with Crippen LogP contribution in [-0.4, -0.2) is 33.1 Å². The van der Waals surface area contributed by atoms with Crippen molar-refractivity contribution < 1.29 is 9.59 Å². The van der Waals surface area contributed by atoms with Gasteiger partial charge in [-0.05, 0) is 30.9 Å². The number of halogens is 1. The van der Waals surface area contributed by atoms with Gasteiger partial charge in [0, 0.05) is 0 Å². The Balaban J connectivity index is 1.82. The summed E-state index contributed by atoms with van der Waals surface area (Å²) in [5.41, 5.74) is 1.75. The largest absolute Gasteiger partial charge is 0.342 e. The van der Waals surface area contributed by atoms with Crippen molar-refractivity contribution in [3.8, 4) is 0 Å². The standard InChI is InChI=1S/C13H11ClN4O2S/c14-7-3-4-8-11(17-21-16-8)12(7)18-5-9(19)15-10(13(18)20)6-1-2-6/h3-4,6,10H,1-2,5H2,(H,15,19). The first kappa shape index (κ1) is 13.0. The minimum Gasteiger partial charge on any atom is -0.342 e. The van der Waals surface area contributed by atoms with Gasteiger partial charge in [-0.15, -0.1) is 0 Å². The highest BCUT2D eigenvalue weighted by Crippen LogP contribution is 2.38. The highest BCUT2D eigenvalue weighted by molar-refractivity contribution is 7.00. The number of nitrogens with one attached hydrogen (secondary N) is 1. The third-order valence-corrected chi connectivity index (χ3v) is 4.71. The second-order valence-electron chi connectivity index (χ2n) is 5.33. The first-order valence-electron chi connectivity index (χ1n) is 6.66. The molecule has 1 unspecified atom stereocenters. The van der Waals surface area contributed by atoms with Crippen LogP contribution in [-0.2, 0) is 9.59 Å². The van der Waals surface area contributed by atoms with Gasteiger partial charge in [0.25, 0.3) is 0 Å². The predicted octanol–water partition coefficient (Wildman–Crippen LogP) is 1.59. The van der Waals surface area contributed by atoms with Crippen LogP contribution in [0.3, 0.4) is 0 Å². The molecular formula is C13H11ClN4O2S. The van der Waals surface area contributed by atoms with Gasteiger partial charge in [-0.2, -0.15) is 8.75 Å². The molecule has 8 heteroatoms. The Morgan fingerprint density at radius 3 is 2.86 bits per heavy atom. The van der Waals surface area contributed by atoms with Gasteiger partial charge in [0.05, 0.1) is 22.4 Å². The predicted molar refractivity (Wildman–Crippen MR) is 79.4 cm³/mol. The summed E-state index contributed by atoms with van der Waals surface area (Å²) < 4.78 is 8.38. The zero-order chi connectivity index (χ0) is 14.6. The summed E-state index contributed by atoms with van der Waals surface area (Å²) in [6, 6.07) is 3.01. The number of carbonyl (C=O) groups excluding carboxylic acids is 2. The van der Waals surface area contributed by atoms with Crippen molar-refractivity contribution in [2.45, 2.75) is 18.9 Å². The second kappa shape index (κ2) is 4.64. The van der Waals surface area contributed by atoms with Crippen LogP contribution in [0.15, 0.2) is 12.1 Å². The van der Waals surface area contributed by atoms with Crippen LogP contribution in [0.25, 0.3) is 11.0 Å². The molecule has 1 atom stereocenters. The lowest BCUT2D eigenvalue weighted by atomic mass is 10.1. The zero-order valence-corrected chi connectivity index (χ0v) is 12.4. The molecule has 1 aliphatic heterocycles. The van der Waals surface area contributed by atoms with Crippen LogP contribution in [0.4, 0.5) is 5.69 Å². The first-order chi connectivity index (χ1) is 10.1. The molecule has 108 valence electrons. The van der Waals surface area contributed by atoms with Gasteiger partial charge in [0.2, 0.25) is 11.8 Å². The molecule has 21 heavy (non-hydrogen) atoms. The molecular weight excluding hydrogens is 312 g/mol. The number of benzene rings is 1. The Labute approximate surface area is 129 Å². The second-order valence-corrected chi connectivity index (χ2v) is 6.27. The molecule has 4 rings (SSSR count). The number of nitrogens with zero attached hydrogens (tertiary/aromatic N) is 3. The maximum atomic E-state index is 12.7. The first-order valence-corrected chi connectivity index (χ1v) is 7.77. The number of piperazine rings is 1. The van der Waals surface area contributed by atoms with E-state index in [9.17, 15) is 9.59 Å². The van der Waals surface area contributed by atoms with E-state index in [1.165, 1.54) is 4.90 Å². The smallest absolute Gasteiger partial charge is 0.250 e. The van der Waals surface area contributed by atoms with Crippen molar-refractivity contribution in [1.29, 1.82) is 0 Å². The molecule has 1 saturated carbocycles. The van der Waals surface area contributed by atoms with Gasteiger partial charge in [0.15, 0.2) is 0 Å². The van der Waals surface area contributed by atoms with Crippen molar-refractivity contribution in [2.75, 3.05) is 11.4 Å². The molecule has 2 aromatic rings. The van der Waals surface area contributed by atoms with Gasteiger partial charge in [-0.25, -0.2) is 0 Å². The highest BCUT2D eigenvalue weighted by Gasteiger charge is 2.44. The number of amides is 2. The van der Waals surface area contributed by atoms with Crippen molar-refractivity contribution in [2.24, 2.45) is 5.92 Å². The Kier molecular flexibility index (Phi) is 2.87. The summed E-state index contributed by atoms with van der Waals surface area (Å²) in [7, 11) is 0. The van der Waals surface area contributed by atoms with Crippen LogP contribution in [0, 0.1) is 5.92 Å². The van der Waals surface area contributed by atoms with Crippen LogP contribution in [0.2, 0.25) is 5.02 Å². The van der Waals surface area contributed by atoms with Gasteiger partial charge in [0.1, 0.15) is 23.6 Å². The highest BCUT2D eigenvalue weighted by atomic mass is 35.5. The minimum absolute atomic E-state index is 0.0294. The number of hydrogen-bond acceptors (Lipinski definition) is 5. The van der Waals surface area contributed by atoms with Crippen LogP contribution >= 0.6 is 23.3 Å². The maximum absolute atomic E-state index is 12.7. The normalized spacial score (nSPS) is 22.7. The number of anilines is 1. The van der Waals surface area contributed by atoms with Crippen molar-refractivity contribution in [1.82, 2.24) is 14.1 Å². The van der Waals surface area contributed by atoms with Gasteiger partial charge < -0.3 is 5.32 Å². The number of aromatic nitrogens is 2. The van der Waals surface area contributed by atoms with Crippen molar-refractivity contribution in [3.05, 3.63) is 17.2 Å². The van der Waals surface area contributed by atoms with Crippen molar-refractivity contribution in [3.63, 3.8) is 0 Å². The molecule has 2 fully saturated rings. The number of hydrogen-bond donors (Lipinski definition) is 1. The summed E-state index contributed by atoms with van der Waals surface area (Å²) in [4.78, 5) is 26.1.